The van der Waals surface area contributed by atoms with E-state index in [1.807, 2.05) is 6.92 Å². The SMILES string of the molecule is CCCC(=O)CCc1cc(F)cc([N+](=O)[O-])c1. The van der Waals surface area contributed by atoms with Gasteiger partial charge in [-0.3, -0.25) is 14.9 Å². The second kappa shape index (κ2) is 6.08. The second-order valence-electron chi connectivity index (χ2n) is 3.86. The largest absolute Gasteiger partial charge is 0.300 e. The van der Waals surface area contributed by atoms with Gasteiger partial charge in [0.2, 0.25) is 0 Å². The molecule has 0 spiro atoms. The van der Waals surface area contributed by atoms with E-state index in [-0.39, 0.29) is 11.5 Å². The number of nitro benzene ring substituents is 1. The average Bonchev–Trinajstić information content (AvgIpc) is 2.26. The maximum absolute atomic E-state index is 13.1. The van der Waals surface area contributed by atoms with Crippen LogP contribution in [0.1, 0.15) is 31.7 Å². The zero-order valence-corrected chi connectivity index (χ0v) is 9.61. The zero-order valence-electron chi connectivity index (χ0n) is 9.61. The summed E-state index contributed by atoms with van der Waals surface area (Å²) in [5.74, 6) is -0.545. The summed E-state index contributed by atoms with van der Waals surface area (Å²) in [5, 5.41) is 10.5. The van der Waals surface area contributed by atoms with Crippen LogP contribution >= 0.6 is 0 Å². The van der Waals surface area contributed by atoms with Gasteiger partial charge in [-0.05, 0) is 24.5 Å². The summed E-state index contributed by atoms with van der Waals surface area (Å²) in [6.07, 6.45) is 1.92. The fraction of sp³-hybridized carbons (Fsp3) is 0.417. The van der Waals surface area contributed by atoms with Crippen molar-refractivity contribution in [3.8, 4) is 0 Å². The topological polar surface area (TPSA) is 60.2 Å². The molecular formula is C12H14FNO3. The van der Waals surface area contributed by atoms with Crippen molar-refractivity contribution in [2.45, 2.75) is 32.6 Å². The average molecular weight is 239 g/mol. The fourth-order valence-electron chi connectivity index (χ4n) is 1.57. The van der Waals surface area contributed by atoms with Crippen LogP contribution in [0.5, 0.6) is 0 Å². The molecule has 5 heteroatoms. The Kier molecular flexibility index (Phi) is 4.75. The van der Waals surface area contributed by atoms with Crippen LogP contribution < -0.4 is 0 Å². The molecule has 0 radical (unpaired) electrons. The molecule has 4 nitrogen and oxygen atoms in total. The van der Waals surface area contributed by atoms with Gasteiger partial charge in [-0.25, -0.2) is 4.39 Å². The van der Waals surface area contributed by atoms with E-state index in [4.69, 9.17) is 0 Å². The lowest BCUT2D eigenvalue weighted by Gasteiger charge is -2.01. The molecule has 0 atom stereocenters. The van der Waals surface area contributed by atoms with Crippen molar-refractivity contribution in [1.82, 2.24) is 0 Å². The first-order valence-corrected chi connectivity index (χ1v) is 5.48. The van der Waals surface area contributed by atoms with Gasteiger partial charge < -0.3 is 0 Å². The monoisotopic (exact) mass is 239 g/mol. The number of non-ortho nitro benzene ring substituents is 1. The molecule has 0 heterocycles. The Hall–Kier alpha value is -1.78. The lowest BCUT2D eigenvalue weighted by atomic mass is 10.0. The predicted molar refractivity (Wildman–Crippen MR) is 61.3 cm³/mol. The van der Waals surface area contributed by atoms with E-state index in [9.17, 15) is 19.3 Å². The Morgan fingerprint density at radius 1 is 1.35 bits per heavy atom. The molecule has 1 rings (SSSR count). The third-order valence-electron chi connectivity index (χ3n) is 2.37. The molecule has 92 valence electrons. The molecule has 0 bridgehead atoms. The van der Waals surface area contributed by atoms with Crippen LogP contribution in [0.3, 0.4) is 0 Å². The number of benzene rings is 1. The molecule has 0 aliphatic heterocycles. The summed E-state index contributed by atoms with van der Waals surface area (Å²) in [6, 6.07) is 3.41. The Bertz CT molecular complexity index is 432. The number of carbonyl (C=O) groups is 1. The molecule has 1 aromatic carbocycles. The number of carbonyl (C=O) groups excluding carboxylic acids is 1. The molecule has 1 aromatic rings. The molecule has 0 unspecified atom stereocenters. The number of nitro groups is 1. The Balaban J connectivity index is 2.71. The summed E-state index contributed by atoms with van der Waals surface area (Å²) in [6.45, 7) is 1.91. The molecular weight excluding hydrogens is 225 g/mol. The van der Waals surface area contributed by atoms with Crippen LogP contribution in [0.15, 0.2) is 18.2 Å². The molecule has 0 aromatic heterocycles. The van der Waals surface area contributed by atoms with Gasteiger partial charge >= 0.3 is 0 Å². The summed E-state index contributed by atoms with van der Waals surface area (Å²) < 4.78 is 13.1. The lowest BCUT2D eigenvalue weighted by Crippen LogP contribution is -2.00. The number of aryl methyl sites for hydroxylation is 1. The first kappa shape index (κ1) is 13.3. The van der Waals surface area contributed by atoms with Gasteiger partial charge in [-0.1, -0.05) is 6.92 Å². The number of rotatable bonds is 6. The van der Waals surface area contributed by atoms with Crippen molar-refractivity contribution in [3.05, 3.63) is 39.7 Å². The van der Waals surface area contributed by atoms with Gasteiger partial charge in [0.15, 0.2) is 0 Å². The van der Waals surface area contributed by atoms with Crippen molar-refractivity contribution < 1.29 is 14.1 Å². The third kappa shape index (κ3) is 4.30. The van der Waals surface area contributed by atoms with Crippen molar-refractivity contribution in [1.29, 1.82) is 0 Å². The number of hydrogen-bond donors (Lipinski definition) is 0. The van der Waals surface area contributed by atoms with Crippen molar-refractivity contribution in [2.75, 3.05) is 0 Å². The van der Waals surface area contributed by atoms with Crippen LogP contribution in [0.25, 0.3) is 0 Å². The Morgan fingerprint density at radius 2 is 2.06 bits per heavy atom. The Labute approximate surface area is 98.6 Å². The smallest absolute Gasteiger partial charge is 0.272 e. The first-order chi connectivity index (χ1) is 8.02. The van der Waals surface area contributed by atoms with Crippen molar-refractivity contribution in [3.63, 3.8) is 0 Å². The highest BCUT2D eigenvalue weighted by molar-refractivity contribution is 5.78. The van der Waals surface area contributed by atoms with Gasteiger partial charge in [0, 0.05) is 18.9 Å². The standard InChI is InChI=1S/C12H14FNO3/c1-2-3-12(15)5-4-9-6-10(13)8-11(7-9)14(16)17/h6-8H,2-5H2,1H3. The van der Waals surface area contributed by atoms with Gasteiger partial charge in [0.1, 0.15) is 11.6 Å². The van der Waals surface area contributed by atoms with Gasteiger partial charge in [-0.2, -0.15) is 0 Å². The van der Waals surface area contributed by atoms with Crippen LogP contribution in [-0.2, 0) is 11.2 Å². The highest BCUT2D eigenvalue weighted by atomic mass is 19.1. The quantitative estimate of drug-likeness (QED) is 0.566. The van der Waals surface area contributed by atoms with Gasteiger partial charge in [0.25, 0.3) is 5.69 Å². The molecule has 0 N–H and O–H groups in total. The van der Waals surface area contributed by atoms with E-state index in [2.05, 4.69) is 0 Å². The van der Waals surface area contributed by atoms with Gasteiger partial charge in [-0.15, -0.1) is 0 Å². The van der Waals surface area contributed by atoms with Crippen molar-refractivity contribution >= 4 is 11.5 Å². The lowest BCUT2D eigenvalue weighted by molar-refractivity contribution is -0.385. The maximum atomic E-state index is 13.1. The third-order valence-corrected chi connectivity index (χ3v) is 2.37. The number of halogens is 1. The summed E-state index contributed by atoms with van der Waals surface area (Å²) in [5.41, 5.74) is 0.212. The maximum Gasteiger partial charge on any atom is 0.272 e. The molecule has 0 aliphatic rings. The van der Waals surface area contributed by atoms with E-state index >= 15 is 0 Å². The normalized spacial score (nSPS) is 10.2. The van der Waals surface area contributed by atoms with E-state index in [1.165, 1.54) is 12.1 Å². The number of ketones is 1. The Morgan fingerprint density at radius 3 is 2.65 bits per heavy atom. The molecule has 0 amide bonds. The number of hydrogen-bond acceptors (Lipinski definition) is 3. The second-order valence-corrected chi connectivity index (χ2v) is 3.86. The minimum atomic E-state index is -0.642. The predicted octanol–water partition coefficient (Wildman–Crippen LogP) is 3.04. The molecule has 0 aliphatic carbocycles. The van der Waals surface area contributed by atoms with Crippen LogP contribution in [-0.4, -0.2) is 10.7 Å². The van der Waals surface area contributed by atoms with E-state index < -0.39 is 10.7 Å². The molecule has 0 saturated heterocycles. The van der Waals surface area contributed by atoms with E-state index in [0.29, 0.717) is 24.8 Å². The minimum absolute atomic E-state index is 0.0967. The fourth-order valence-corrected chi connectivity index (χ4v) is 1.57. The molecule has 0 saturated carbocycles. The number of Topliss-reactive ketones (excluding diaryl/α,β-unsaturated/α-hetero) is 1. The molecule has 17 heavy (non-hydrogen) atoms. The zero-order chi connectivity index (χ0) is 12.8. The first-order valence-electron chi connectivity index (χ1n) is 5.48. The highest BCUT2D eigenvalue weighted by Gasteiger charge is 2.10. The molecule has 0 fully saturated rings. The van der Waals surface area contributed by atoms with Crippen LogP contribution in [0.2, 0.25) is 0 Å². The summed E-state index contributed by atoms with van der Waals surface area (Å²) in [7, 11) is 0. The van der Waals surface area contributed by atoms with Crippen LogP contribution in [0.4, 0.5) is 10.1 Å². The number of nitrogens with zero attached hydrogens (tertiary/aromatic N) is 1. The van der Waals surface area contributed by atoms with E-state index in [0.717, 1.165) is 12.5 Å². The summed E-state index contributed by atoms with van der Waals surface area (Å²) in [4.78, 5) is 21.2. The highest BCUT2D eigenvalue weighted by Crippen LogP contribution is 2.17. The minimum Gasteiger partial charge on any atom is -0.300 e. The summed E-state index contributed by atoms with van der Waals surface area (Å²) >= 11 is 0. The van der Waals surface area contributed by atoms with Crippen molar-refractivity contribution in [2.24, 2.45) is 0 Å². The van der Waals surface area contributed by atoms with Gasteiger partial charge in [0.05, 0.1) is 11.0 Å². The van der Waals surface area contributed by atoms with E-state index in [1.54, 1.807) is 0 Å². The van der Waals surface area contributed by atoms with Crippen LogP contribution in [0, 0.1) is 15.9 Å².